The zero-order valence-corrected chi connectivity index (χ0v) is 51.6. The number of carbonyl (C=O) groups excluding carboxylic acids is 6. The average molecular weight is 1270 g/mol. The molecule has 6 aromatic rings. The molecule has 20 heteroatoms. The molecule has 0 amide bonds. The van der Waals surface area contributed by atoms with Gasteiger partial charge in [-0.05, 0) is 153 Å². The number of benzene rings is 6. The van der Waals surface area contributed by atoms with Gasteiger partial charge in [0.15, 0.2) is 11.5 Å². The van der Waals surface area contributed by atoms with Crippen LogP contribution in [0.2, 0.25) is 0 Å². The Labute approximate surface area is 537 Å². The van der Waals surface area contributed by atoms with Crippen molar-refractivity contribution in [3.63, 3.8) is 0 Å². The third-order valence-corrected chi connectivity index (χ3v) is 14.5. The van der Waals surface area contributed by atoms with Crippen LogP contribution in [0.3, 0.4) is 0 Å². The van der Waals surface area contributed by atoms with Gasteiger partial charge in [0, 0.05) is 41.9 Å². The molecule has 0 heterocycles. The van der Waals surface area contributed by atoms with Crippen LogP contribution in [-0.2, 0) is 73.7 Å². The maximum Gasteiger partial charge on any atom is 0.336 e. The van der Waals surface area contributed by atoms with E-state index in [1.807, 2.05) is 48.6 Å². The van der Waals surface area contributed by atoms with E-state index in [2.05, 4.69) is 54.0 Å². The lowest BCUT2D eigenvalue weighted by Gasteiger charge is -2.30. The van der Waals surface area contributed by atoms with E-state index in [0.717, 1.165) is 57.7 Å². The van der Waals surface area contributed by atoms with Crippen LogP contribution in [0.15, 0.2) is 196 Å². The summed E-state index contributed by atoms with van der Waals surface area (Å²) in [6.45, 7) is 20.8. The number of hydrogen-bond acceptors (Lipinski definition) is 20. The molecule has 6 aromatic carbocycles. The molecule has 93 heavy (non-hydrogen) atoms. The third-order valence-electron chi connectivity index (χ3n) is 14.5. The summed E-state index contributed by atoms with van der Waals surface area (Å²) in [6.07, 6.45) is 18.0. The minimum Gasteiger partial charge on any atom is -0.457 e. The summed E-state index contributed by atoms with van der Waals surface area (Å²) in [5.41, 5.74) is 4.53. The first-order valence-corrected chi connectivity index (χ1v) is 29.0. The molecule has 0 saturated carbocycles. The molecule has 20 nitrogen and oxygen atoms in total. The average Bonchev–Trinajstić information content (AvgIpc) is 1.53. The predicted octanol–water partition coefficient (Wildman–Crippen LogP) is 12.9. The van der Waals surface area contributed by atoms with Crippen LogP contribution in [0.4, 0.5) is 0 Å². The highest BCUT2D eigenvalue weighted by atomic mass is 17.2. The van der Waals surface area contributed by atoms with Crippen molar-refractivity contribution in [2.24, 2.45) is 0 Å². The standard InChI is InChI=1S/C73H68O20/c1-9-65(74)84-45-80-53-27-17-49(18-28-53)15-13-37-88-92-63-40-58-60(42-64(63)93-89-38-14-16-50-19-29-54(30-20-50)81-46-85-66(75)10-2)73(44-72(58,7)8)43-71(5,6)57-39-61(90-69(78)35-25-51-21-31-55(32-22-51)82-47-86-67(76)11-3)62(41-59(57)73)91-70(79)36-26-52-23-33-56(34-24-52)83-48-87-68(77)12-4/h9-36,39-42H,1-4,37-38,43-48H2,5-8H3/b15-13+,16-14+,35-25+,36-26+. The van der Waals surface area contributed by atoms with Crippen LogP contribution in [-0.4, -0.2) is 76.2 Å². The molecule has 0 saturated heterocycles. The Kier molecular flexibility index (Phi) is 23.3. The van der Waals surface area contributed by atoms with Crippen molar-refractivity contribution in [2.45, 2.75) is 56.8 Å². The fourth-order valence-corrected chi connectivity index (χ4v) is 10.4. The Morgan fingerprint density at radius 3 is 0.968 bits per heavy atom. The normalized spacial score (nSPS) is 14.8. The van der Waals surface area contributed by atoms with Gasteiger partial charge in [0.2, 0.25) is 38.7 Å². The van der Waals surface area contributed by atoms with E-state index in [9.17, 15) is 28.8 Å². The van der Waals surface area contributed by atoms with Crippen LogP contribution in [0.1, 0.15) is 85.0 Å². The summed E-state index contributed by atoms with van der Waals surface area (Å²) in [5, 5.41) is 0. The van der Waals surface area contributed by atoms with Crippen molar-refractivity contribution in [1.29, 1.82) is 0 Å². The molecule has 1 spiro atoms. The molecule has 2 aliphatic carbocycles. The predicted molar refractivity (Wildman–Crippen MR) is 342 cm³/mol. The Hall–Kier alpha value is -11.2. The lowest BCUT2D eigenvalue weighted by Crippen LogP contribution is -2.27. The summed E-state index contributed by atoms with van der Waals surface area (Å²) in [5.74, 6) is -1.80. The van der Waals surface area contributed by atoms with E-state index < -0.39 is 52.1 Å². The Balaban J connectivity index is 1.08. The van der Waals surface area contributed by atoms with Gasteiger partial charge in [0.05, 0.1) is 0 Å². The van der Waals surface area contributed by atoms with Crippen LogP contribution in [0.25, 0.3) is 24.3 Å². The van der Waals surface area contributed by atoms with Crippen LogP contribution >= 0.6 is 0 Å². The SMILES string of the molecule is C=CC(=O)OCOc1ccc(/C=C/COOc2cc3c(cc2OOC/C=C/c2ccc(OCOC(=O)C=C)cc2)C2(CC3(C)C)CC(C)(C)c3cc(OC(=O)/C=C/c4ccc(OCOC(=O)C=C)cc4)c(OC(=O)/C=C/c4ccc(OCOC(=O)C=C)cc4)cc32)cc1. The smallest absolute Gasteiger partial charge is 0.336 e. The Morgan fingerprint density at radius 1 is 0.376 bits per heavy atom. The van der Waals surface area contributed by atoms with E-state index >= 15 is 0 Å². The van der Waals surface area contributed by atoms with E-state index in [1.54, 1.807) is 109 Å². The lowest BCUT2D eigenvalue weighted by molar-refractivity contribution is -0.218. The number of fused-ring (bicyclic) bond motifs is 4. The number of rotatable bonds is 32. The van der Waals surface area contributed by atoms with Crippen LogP contribution in [0, 0.1) is 0 Å². The highest BCUT2D eigenvalue weighted by Gasteiger charge is 2.57. The summed E-state index contributed by atoms with van der Waals surface area (Å²) in [7, 11) is 0. The Morgan fingerprint density at radius 2 is 0.656 bits per heavy atom. The summed E-state index contributed by atoms with van der Waals surface area (Å²) in [6, 6.07) is 34.8. The highest BCUT2D eigenvalue weighted by molar-refractivity contribution is 5.91. The minimum absolute atomic E-state index is 0.00137. The van der Waals surface area contributed by atoms with E-state index in [-0.39, 0.29) is 63.4 Å². The number of ether oxygens (including phenoxy) is 10. The molecule has 0 fully saturated rings. The molecule has 8 rings (SSSR count). The van der Waals surface area contributed by atoms with Gasteiger partial charge in [-0.25, -0.2) is 28.8 Å². The van der Waals surface area contributed by atoms with Crippen LogP contribution in [0.5, 0.6) is 46.0 Å². The van der Waals surface area contributed by atoms with Crippen molar-refractivity contribution < 1.29 is 95.7 Å². The summed E-state index contributed by atoms with van der Waals surface area (Å²) >= 11 is 0. The van der Waals surface area contributed by atoms with Crippen molar-refractivity contribution >= 4 is 60.1 Å². The molecular formula is C73H68O20. The van der Waals surface area contributed by atoms with Gasteiger partial charge in [-0.15, -0.1) is 0 Å². The fraction of sp³-hybridized carbons (Fsp3) is 0.205. The van der Waals surface area contributed by atoms with Gasteiger partial charge >= 0.3 is 35.8 Å². The second kappa shape index (κ2) is 32.0. The number of hydrogen-bond donors (Lipinski definition) is 0. The molecule has 1 unspecified atom stereocenters. The van der Waals surface area contributed by atoms with Gasteiger partial charge in [-0.2, -0.15) is 9.78 Å². The van der Waals surface area contributed by atoms with Gasteiger partial charge in [0.25, 0.3) is 0 Å². The first-order chi connectivity index (χ1) is 44.8. The second-order valence-corrected chi connectivity index (χ2v) is 21.9. The van der Waals surface area contributed by atoms with E-state index in [4.69, 9.17) is 66.9 Å². The molecule has 0 bridgehead atoms. The molecule has 0 aromatic heterocycles. The lowest BCUT2D eigenvalue weighted by atomic mass is 9.72. The topological polar surface area (TPSA) is 232 Å². The van der Waals surface area contributed by atoms with Crippen molar-refractivity contribution in [2.75, 3.05) is 40.4 Å². The van der Waals surface area contributed by atoms with Gasteiger partial charge in [-0.1, -0.05) is 127 Å². The van der Waals surface area contributed by atoms with Crippen LogP contribution < -0.4 is 38.2 Å². The van der Waals surface area contributed by atoms with Crippen molar-refractivity contribution in [3.8, 4) is 46.0 Å². The largest absolute Gasteiger partial charge is 0.457 e. The maximum atomic E-state index is 14.0. The molecule has 480 valence electrons. The van der Waals surface area contributed by atoms with Gasteiger partial charge in [-0.3, -0.25) is 0 Å². The highest BCUT2D eigenvalue weighted by Crippen LogP contribution is 2.65. The molecule has 0 radical (unpaired) electrons. The number of esters is 6. The number of carbonyl (C=O) groups is 6. The zero-order valence-electron chi connectivity index (χ0n) is 51.6. The van der Waals surface area contributed by atoms with Gasteiger partial charge in [0.1, 0.15) is 36.2 Å². The van der Waals surface area contributed by atoms with Crippen molar-refractivity contribution in [3.05, 3.63) is 241 Å². The quantitative estimate of drug-likeness (QED) is 0.00558. The molecule has 0 N–H and O–H groups in total. The maximum absolute atomic E-state index is 14.0. The second-order valence-electron chi connectivity index (χ2n) is 21.9. The first-order valence-electron chi connectivity index (χ1n) is 29.0. The third kappa shape index (κ3) is 18.9. The molecule has 2 aliphatic rings. The van der Waals surface area contributed by atoms with Gasteiger partial charge < -0.3 is 57.1 Å². The first kappa shape index (κ1) is 67.7. The fourth-order valence-electron chi connectivity index (χ4n) is 10.4. The summed E-state index contributed by atoms with van der Waals surface area (Å²) in [4.78, 5) is 97.4. The molecular weight excluding hydrogens is 1200 g/mol. The monoisotopic (exact) mass is 1260 g/mol. The van der Waals surface area contributed by atoms with E-state index in [0.29, 0.717) is 47.0 Å². The minimum atomic E-state index is -0.777. The molecule has 1 atom stereocenters. The van der Waals surface area contributed by atoms with E-state index in [1.165, 1.54) is 12.2 Å². The molecule has 0 aliphatic heterocycles. The van der Waals surface area contributed by atoms with Crippen molar-refractivity contribution in [1.82, 2.24) is 0 Å². The summed E-state index contributed by atoms with van der Waals surface area (Å²) < 4.78 is 53.7. The zero-order chi connectivity index (χ0) is 66.4. The Bertz CT molecular complexity index is 3830.